The van der Waals surface area contributed by atoms with Crippen LogP contribution in [0.2, 0.25) is 5.15 Å². The van der Waals surface area contributed by atoms with E-state index in [9.17, 15) is 10.1 Å². The van der Waals surface area contributed by atoms with E-state index in [1.807, 2.05) is 12.1 Å². The molecule has 166 valence electrons. The molecular weight excluding hydrogens is 440 g/mol. The van der Waals surface area contributed by atoms with E-state index in [0.29, 0.717) is 34.4 Å². The highest BCUT2D eigenvalue weighted by molar-refractivity contribution is 6.29. The number of benzene rings is 1. The first-order valence-corrected chi connectivity index (χ1v) is 11.1. The van der Waals surface area contributed by atoms with Gasteiger partial charge < -0.3 is 14.6 Å². The number of nitrogens with zero attached hydrogens (tertiary/aromatic N) is 5. The van der Waals surface area contributed by atoms with Crippen molar-refractivity contribution in [1.82, 2.24) is 19.5 Å². The minimum Gasteiger partial charge on any atom is -0.378 e. The summed E-state index contributed by atoms with van der Waals surface area (Å²) >= 11 is 5.84. The average molecular weight is 461 g/mol. The molecular formula is C24H21ClN6O2. The highest BCUT2D eigenvalue weighted by Gasteiger charge is 2.27. The van der Waals surface area contributed by atoms with E-state index in [0.717, 1.165) is 29.3 Å². The standard InChI is InChI=1S/C24H21ClN6O2/c1-14-8-17(6-7-33-14)31-22(10-23(32)29-16-3-5-21(25)28-12-16)30-20-13-27-19-4-2-15(11-26)9-18(19)24(20)31/h2-5,9,12-14,17H,6-8,10H2,1H3,(H,29,32)/t14-,17-/m1/s1. The molecule has 1 saturated heterocycles. The molecule has 3 aromatic heterocycles. The number of fused-ring (bicyclic) bond motifs is 3. The SMILES string of the molecule is C[C@@H]1C[C@H](n2c(CC(=O)Nc3ccc(Cl)nc3)nc3cnc4ccc(C#N)cc4c32)CCO1. The van der Waals surface area contributed by atoms with Gasteiger partial charge in [0.05, 0.1) is 53.3 Å². The molecule has 4 heterocycles. The molecule has 4 aromatic rings. The quantitative estimate of drug-likeness (QED) is 0.452. The van der Waals surface area contributed by atoms with Crippen LogP contribution in [-0.4, -0.2) is 38.1 Å². The Kier molecular flexibility index (Phi) is 5.67. The van der Waals surface area contributed by atoms with Gasteiger partial charge in [0.1, 0.15) is 16.5 Å². The zero-order chi connectivity index (χ0) is 22.9. The molecule has 0 saturated carbocycles. The van der Waals surface area contributed by atoms with Gasteiger partial charge in [-0.2, -0.15) is 5.26 Å². The van der Waals surface area contributed by atoms with Gasteiger partial charge in [-0.1, -0.05) is 11.6 Å². The van der Waals surface area contributed by atoms with E-state index in [-0.39, 0.29) is 24.5 Å². The zero-order valence-corrected chi connectivity index (χ0v) is 18.7. The minimum atomic E-state index is -0.203. The third-order valence-corrected chi connectivity index (χ3v) is 6.09. The highest BCUT2D eigenvalue weighted by atomic mass is 35.5. The number of imidazole rings is 1. The Hall–Kier alpha value is -3.54. The van der Waals surface area contributed by atoms with Crippen molar-refractivity contribution in [2.45, 2.75) is 38.3 Å². The van der Waals surface area contributed by atoms with Gasteiger partial charge in [-0.15, -0.1) is 0 Å². The first-order chi connectivity index (χ1) is 16.0. The first-order valence-electron chi connectivity index (χ1n) is 10.7. The van der Waals surface area contributed by atoms with E-state index in [1.54, 1.807) is 24.4 Å². The summed E-state index contributed by atoms with van der Waals surface area (Å²) in [5.74, 6) is 0.450. The maximum absolute atomic E-state index is 12.9. The molecule has 33 heavy (non-hydrogen) atoms. The second-order valence-electron chi connectivity index (χ2n) is 8.19. The van der Waals surface area contributed by atoms with Crippen LogP contribution in [-0.2, 0) is 16.0 Å². The van der Waals surface area contributed by atoms with E-state index < -0.39 is 0 Å². The molecule has 2 atom stereocenters. The molecule has 1 aliphatic heterocycles. The molecule has 1 aliphatic rings. The number of halogens is 1. The fourth-order valence-electron chi connectivity index (χ4n) is 4.42. The van der Waals surface area contributed by atoms with Gasteiger partial charge in [-0.25, -0.2) is 9.97 Å². The highest BCUT2D eigenvalue weighted by Crippen LogP contribution is 2.34. The Balaban J connectivity index is 1.60. The predicted octanol–water partition coefficient (Wildman–Crippen LogP) is 4.43. The fraction of sp³-hybridized carbons (Fsp3) is 0.292. The fourth-order valence-corrected chi connectivity index (χ4v) is 4.53. The van der Waals surface area contributed by atoms with Crippen molar-refractivity contribution >= 4 is 45.1 Å². The van der Waals surface area contributed by atoms with Gasteiger partial charge in [0.2, 0.25) is 5.91 Å². The van der Waals surface area contributed by atoms with Crippen LogP contribution in [0.25, 0.3) is 21.9 Å². The lowest BCUT2D eigenvalue weighted by Gasteiger charge is -2.30. The Bertz CT molecular complexity index is 1390. The Morgan fingerprint density at radius 2 is 2.15 bits per heavy atom. The van der Waals surface area contributed by atoms with Crippen LogP contribution in [0.15, 0.2) is 42.7 Å². The summed E-state index contributed by atoms with van der Waals surface area (Å²) in [5, 5.41) is 13.5. The van der Waals surface area contributed by atoms with Gasteiger partial charge in [0.15, 0.2) is 0 Å². The van der Waals surface area contributed by atoms with E-state index in [1.165, 1.54) is 6.20 Å². The minimum absolute atomic E-state index is 0.0858. The molecule has 8 nitrogen and oxygen atoms in total. The second-order valence-corrected chi connectivity index (χ2v) is 8.58. The third-order valence-electron chi connectivity index (χ3n) is 5.87. The lowest BCUT2D eigenvalue weighted by atomic mass is 10.0. The summed E-state index contributed by atoms with van der Waals surface area (Å²) in [5.41, 5.74) is 3.50. The molecule has 1 N–H and O–H groups in total. The van der Waals surface area contributed by atoms with Crippen LogP contribution in [0.4, 0.5) is 5.69 Å². The maximum atomic E-state index is 12.9. The molecule has 0 unspecified atom stereocenters. The number of nitriles is 1. The molecule has 9 heteroatoms. The lowest BCUT2D eigenvalue weighted by Crippen LogP contribution is -2.27. The predicted molar refractivity (Wildman–Crippen MR) is 125 cm³/mol. The Morgan fingerprint density at radius 1 is 1.27 bits per heavy atom. The molecule has 1 amide bonds. The monoisotopic (exact) mass is 460 g/mol. The van der Waals surface area contributed by atoms with Crippen LogP contribution in [0.5, 0.6) is 0 Å². The zero-order valence-electron chi connectivity index (χ0n) is 18.0. The topological polar surface area (TPSA) is 106 Å². The molecule has 1 aromatic carbocycles. The lowest BCUT2D eigenvalue weighted by molar-refractivity contribution is -0.115. The number of nitrogens with one attached hydrogen (secondary N) is 1. The van der Waals surface area contributed by atoms with Crippen LogP contribution in [0, 0.1) is 11.3 Å². The van der Waals surface area contributed by atoms with Crippen molar-refractivity contribution in [2.24, 2.45) is 0 Å². The molecule has 0 aliphatic carbocycles. The number of carbonyl (C=O) groups excluding carboxylic acids is 1. The summed E-state index contributed by atoms with van der Waals surface area (Å²) in [7, 11) is 0. The molecule has 0 spiro atoms. The van der Waals surface area contributed by atoms with Gasteiger partial charge in [0, 0.05) is 18.0 Å². The number of hydrogen-bond donors (Lipinski definition) is 1. The number of ether oxygens (including phenoxy) is 1. The van der Waals surface area contributed by atoms with Crippen LogP contribution < -0.4 is 5.32 Å². The Labute approximate surface area is 195 Å². The average Bonchev–Trinajstić information content (AvgIpc) is 3.18. The van der Waals surface area contributed by atoms with Gasteiger partial charge in [0.25, 0.3) is 0 Å². The summed E-state index contributed by atoms with van der Waals surface area (Å²) in [4.78, 5) is 26.2. The van der Waals surface area contributed by atoms with E-state index in [2.05, 4.69) is 32.8 Å². The number of aromatic nitrogens is 4. The van der Waals surface area contributed by atoms with Gasteiger partial charge in [-0.3, -0.25) is 9.78 Å². The van der Waals surface area contributed by atoms with Crippen molar-refractivity contribution in [3.8, 4) is 6.07 Å². The van der Waals surface area contributed by atoms with Crippen molar-refractivity contribution in [3.63, 3.8) is 0 Å². The van der Waals surface area contributed by atoms with Gasteiger partial charge in [-0.05, 0) is 50.1 Å². The second kappa shape index (κ2) is 8.77. The van der Waals surface area contributed by atoms with E-state index >= 15 is 0 Å². The van der Waals surface area contributed by atoms with Crippen LogP contribution >= 0.6 is 11.6 Å². The molecule has 1 fully saturated rings. The molecule has 5 rings (SSSR count). The summed E-state index contributed by atoms with van der Waals surface area (Å²) in [6.07, 6.45) is 5.06. The largest absolute Gasteiger partial charge is 0.378 e. The summed E-state index contributed by atoms with van der Waals surface area (Å²) in [6, 6.07) is 11.1. The van der Waals surface area contributed by atoms with Crippen LogP contribution in [0.1, 0.15) is 37.2 Å². The smallest absolute Gasteiger partial charge is 0.232 e. The van der Waals surface area contributed by atoms with Crippen molar-refractivity contribution in [3.05, 3.63) is 59.3 Å². The summed E-state index contributed by atoms with van der Waals surface area (Å²) < 4.78 is 7.92. The van der Waals surface area contributed by atoms with Crippen LogP contribution in [0.3, 0.4) is 0 Å². The number of pyridine rings is 2. The number of hydrogen-bond acceptors (Lipinski definition) is 6. The number of amides is 1. The maximum Gasteiger partial charge on any atom is 0.232 e. The normalized spacial score (nSPS) is 18.3. The van der Waals surface area contributed by atoms with Crippen molar-refractivity contribution < 1.29 is 9.53 Å². The Morgan fingerprint density at radius 3 is 2.91 bits per heavy atom. The number of anilines is 1. The van der Waals surface area contributed by atoms with E-state index in [4.69, 9.17) is 21.3 Å². The number of rotatable bonds is 4. The van der Waals surface area contributed by atoms with Gasteiger partial charge >= 0.3 is 0 Å². The number of carbonyl (C=O) groups is 1. The van der Waals surface area contributed by atoms with Crippen molar-refractivity contribution in [1.29, 1.82) is 5.26 Å². The molecule has 0 radical (unpaired) electrons. The third kappa shape index (κ3) is 4.25. The molecule has 0 bridgehead atoms. The van der Waals surface area contributed by atoms with Crippen molar-refractivity contribution in [2.75, 3.05) is 11.9 Å². The summed E-state index contributed by atoms with van der Waals surface area (Å²) in [6.45, 7) is 2.69. The first kappa shape index (κ1) is 21.3.